The molecular weight excluding hydrogens is 517 g/mol. The number of carbonyl (C=O) groups excluding carboxylic acids is 1. The topological polar surface area (TPSA) is 134 Å². The van der Waals surface area contributed by atoms with Crippen LogP contribution < -0.4 is 15.4 Å². The number of benzene rings is 2. The second-order valence-electron chi connectivity index (χ2n) is 8.86. The van der Waals surface area contributed by atoms with Gasteiger partial charge < -0.3 is 9.12 Å². The molecule has 3 N–H and O–H groups in total. The van der Waals surface area contributed by atoms with Gasteiger partial charge in [-0.3, -0.25) is 9.59 Å². The summed E-state index contributed by atoms with van der Waals surface area (Å²) in [5.74, 6) is -0.916. The zero-order valence-corrected chi connectivity index (χ0v) is 22.5. The Hall–Kier alpha value is -2.83. The molecule has 0 aliphatic heterocycles. The van der Waals surface area contributed by atoms with E-state index in [1.165, 1.54) is 47.0 Å². The van der Waals surface area contributed by atoms with E-state index >= 15 is 0 Å². The van der Waals surface area contributed by atoms with E-state index in [4.69, 9.17) is 5.14 Å². The first kappa shape index (κ1) is 28.7. The van der Waals surface area contributed by atoms with Gasteiger partial charge in [-0.1, -0.05) is 25.5 Å². The summed E-state index contributed by atoms with van der Waals surface area (Å²) in [6.07, 6.45) is 3.20. The quantitative estimate of drug-likeness (QED) is 0.279. The van der Waals surface area contributed by atoms with Crippen molar-refractivity contribution in [2.45, 2.75) is 38.5 Å². The van der Waals surface area contributed by atoms with Gasteiger partial charge in [0.05, 0.1) is 11.8 Å². The molecule has 8 nitrogen and oxygen atoms in total. The molecule has 1 unspecified atom stereocenters. The minimum absolute atomic E-state index is 0.226. The number of rotatable bonds is 11. The Morgan fingerprint density at radius 2 is 1.84 bits per heavy atom. The molecule has 0 aliphatic rings. The van der Waals surface area contributed by atoms with Crippen LogP contribution in [0, 0.1) is 5.82 Å². The molecule has 0 radical (unpaired) electrons. The van der Waals surface area contributed by atoms with Crippen molar-refractivity contribution in [3.63, 3.8) is 0 Å². The van der Waals surface area contributed by atoms with Crippen LogP contribution in [0.15, 0.2) is 59.5 Å². The van der Waals surface area contributed by atoms with Gasteiger partial charge in [0.1, 0.15) is 11.6 Å². The van der Waals surface area contributed by atoms with Crippen LogP contribution in [0.2, 0.25) is 0 Å². The van der Waals surface area contributed by atoms with Crippen LogP contribution in [0.4, 0.5) is 4.39 Å². The zero-order chi connectivity index (χ0) is 27.3. The first-order valence-electron chi connectivity index (χ1n) is 11.7. The van der Waals surface area contributed by atoms with Crippen molar-refractivity contribution in [3.8, 4) is 11.1 Å². The summed E-state index contributed by atoms with van der Waals surface area (Å²) in [4.78, 5) is 26.1. The lowest BCUT2D eigenvalue weighted by molar-refractivity contribution is 0.103. The Balaban J connectivity index is 2.20. The molecule has 1 aromatic heterocycles. The molecule has 37 heavy (non-hydrogen) atoms. The number of nitrogens with one attached hydrogen (secondary N) is 1. The number of carbonyl (C=O) groups is 1. The number of nitrogens with two attached hydrogens (primary N) is 1. The molecule has 3 aromatic rings. The molecule has 0 fully saturated rings. The Bertz CT molecular complexity index is 1440. The number of halogens is 1. The monoisotopic (exact) mass is 547 g/mol. The van der Waals surface area contributed by atoms with E-state index in [0.717, 1.165) is 12.8 Å². The number of aryl methyl sites for hydroxylation is 1. The Morgan fingerprint density at radius 3 is 2.46 bits per heavy atom. The van der Waals surface area contributed by atoms with Gasteiger partial charge in [0.15, 0.2) is 5.78 Å². The fourth-order valence-corrected chi connectivity index (χ4v) is 5.75. The van der Waals surface area contributed by atoms with Crippen molar-refractivity contribution < 1.29 is 22.2 Å². The Labute approximate surface area is 219 Å². The summed E-state index contributed by atoms with van der Waals surface area (Å²) in [7, 11) is -2.31. The van der Waals surface area contributed by atoms with Crippen molar-refractivity contribution in [1.29, 1.82) is 0 Å². The average Bonchev–Trinajstić information content (AvgIpc) is 2.83. The predicted molar refractivity (Wildman–Crippen MR) is 143 cm³/mol. The fraction of sp³-hybridized carbons (Fsp3) is 0.308. The van der Waals surface area contributed by atoms with Gasteiger partial charge in [0.2, 0.25) is 10.0 Å². The van der Waals surface area contributed by atoms with Crippen LogP contribution in [0.3, 0.4) is 0 Å². The van der Waals surface area contributed by atoms with E-state index in [0.29, 0.717) is 28.0 Å². The lowest BCUT2D eigenvalue weighted by Crippen LogP contribution is -2.30. The van der Waals surface area contributed by atoms with Crippen molar-refractivity contribution in [2.75, 3.05) is 5.75 Å². The van der Waals surface area contributed by atoms with E-state index < -0.39 is 44.8 Å². The molecule has 11 heteroatoms. The number of aromatic nitrogens is 1. The number of sulfonamides is 1. The van der Waals surface area contributed by atoms with Gasteiger partial charge in [0.25, 0.3) is 5.56 Å². The van der Waals surface area contributed by atoms with E-state index in [2.05, 4.69) is 4.72 Å². The van der Waals surface area contributed by atoms with Gasteiger partial charge in [-0.25, -0.2) is 17.9 Å². The van der Waals surface area contributed by atoms with Crippen LogP contribution >= 0.6 is 0 Å². The molecule has 0 aliphatic carbocycles. The van der Waals surface area contributed by atoms with Gasteiger partial charge in [-0.05, 0) is 60.4 Å². The van der Waals surface area contributed by atoms with Crippen LogP contribution in [0.5, 0.6) is 0 Å². The van der Waals surface area contributed by atoms with E-state index in [1.54, 1.807) is 26.2 Å². The summed E-state index contributed by atoms with van der Waals surface area (Å²) in [5, 5.41) is 5.26. The smallest absolute Gasteiger partial charge is 0.250 e. The van der Waals surface area contributed by atoms with E-state index in [-0.39, 0.29) is 16.7 Å². The highest BCUT2D eigenvalue weighted by Gasteiger charge is 2.23. The minimum Gasteiger partial charge on any atom is -0.598 e. The molecular formula is C26H30FN3O5S2. The molecule has 0 spiro atoms. The Kier molecular flexibility index (Phi) is 9.43. The number of hydrogen-bond donors (Lipinski definition) is 2. The normalized spacial score (nSPS) is 13.4. The Morgan fingerprint density at radius 1 is 1.16 bits per heavy atom. The number of ketones is 1. The van der Waals surface area contributed by atoms with Crippen LogP contribution in [0.25, 0.3) is 11.1 Å². The highest BCUT2D eigenvalue weighted by Crippen LogP contribution is 2.33. The standard InChI is InChI=1S/C26H30FN3O5S2/c1-4-5-12-36(33)29-17(2)22-14-25(31)30(3)15-24(22)23-13-18(16-37(28,34)35)6-11-21(23)26(32)19-7-9-20(27)10-8-19/h6-11,13-15,17,29H,4-5,12,16H2,1-3H3,(H2,28,34,35)/t17-,36?/m0/s1. The second-order valence-corrected chi connectivity index (χ2v) is 11.8. The zero-order valence-electron chi connectivity index (χ0n) is 20.9. The first-order chi connectivity index (χ1) is 17.4. The molecule has 0 saturated heterocycles. The summed E-state index contributed by atoms with van der Waals surface area (Å²) in [6.45, 7) is 3.76. The SMILES string of the molecule is CCCC[S+]([O-])N[C@@H](C)c1cc(=O)n(C)cc1-c1cc(CS(N)(=O)=O)ccc1C(=O)c1ccc(F)cc1. The van der Waals surface area contributed by atoms with Crippen LogP contribution in [0.1, 0.15) is 59.8 Å². The maximum atomic E-state index is 13.5. The highest BCUT2D eigenvalue weighted by atomic mass is 32.2. The maximum Gasteiger partial charge on any atom is 0.250 e. The van der Waals surface area contributed by atoms with Crippen LogP contribution in [-0.2, 0) is 34.2 Å². The highest BCUT2D eigenvalue weighted by molar-refractivity contribution is 7.89. The number of primary sulfonamides is 1. The molecule has 2 aromatic carbocycles. The largest absolute Gasteiger partial charge is 0.598 e. The van der Waals surface area contributed by atoms with Crippen LogP contribution in [-0.4, -0.2) is 29.1 Å². The first-order valence-corrected chi connectivity index (χ1v) is 14.7. The fourth-order valence-electron chi connectivity index (χ4n) is 3.91. The molecule has 1 heterocycles. The molecule has 0 saturated carbocycles. The molecule has 2 atom stereocenters. The van der Waals surface area contributed by atoms with Gasteiger partial charge in [-0.2, -0.15) is 0 Å². The maximum absolute atomic E-state index is 13.5. The van der Waals surface area contributed by atoms with E-state index in [9.17, 15) is 27.0 Å². The van der Waals surface area contributed by atoms with E-state index in [1.807, 2.05) is 6.92 Å². The number of unbranched alkanes of at least 4 members (excludes halogenated alkanes) is 1. The van der Waals surface area contributed by atoms with Gasteiger partial charge in [-0.15, -0.1) is 4.72 Å². The number of pyridine rings is 1. The summed E-state index contributed by atoms with van der Waals surface area (Å²) in [5.41, 5.74) is 1.85. The summed E-state index contributed by atoms with van der Waals surface area (Å²) >= 11 is -1.35. The third-order valence-corrected chi connectivity index (χ3v) is 7.82. The van der Waals surface area contributed by atoms with Crippen molar-refractivity contribution in [1.82, 2.24) is 9.29 Å². The molecule has 3 rings (SSSR count). The molecule has 0 amide bonds. The van der Waals surface area contributed by atoms with Crippen molar-refractivity contribution in [2.24, 2.45) is 12.2 Å². The second kappa shape index (κ2) is 12.1. The number of hydrogen-bond acceptors (Lipinski definition) is 6. The van der Waals surface area contributed by atoms with Crippen molar-refractivity contribution in [3.05, 3.63) is 93.2 Å². The lowest BCUT2D eigenvalue weighted by Gasteiger charge is -2.21. The molecule has 198 valence electrons. The number of nitrogens with zero attached hydrogens (tertiary/aromatic N) is 1. The minimum atomic E-state index is -3.87. The molecule has 0 bridgehead atoms. The van der Waals surface area contributed by atoms with Gasteiger partial charge >= 0.3 is 0 Å². The predicted octanol–water partition coefficient (Wildman–Crippen LogP) is 3.33. The van der Waals surface area contributed by atoms with Gasteiger partial charge in [0, 0.05) is 47.4 Å². The van der Waals surface area contributed by atoms with Crippen molar-refractivity contribution >= 4 is 27.2 Å². The summed E-state index contributed by atoms with van der Waals surface area (Å²) in [6, 6.07) is 10.5. The lowest BCUT2D eigenvalue weighted by atomic mass is 9.89. The summed E-state index contributed by atoms with van der Waals surface area (Å²) < 4.78 is 53.9. The third kappa shape index (κ3) is 7.59. The third-order valence-electron chi connectivity index (χ3n) is 5.81. The average molecular weight is 548 g/mol.